The van der Waals surface area contributed by atoms with Crippen molar-refractivity contribution in [1.82, 2.24) is 0 Å². The number of nitrogens with one attached hydrogen (secondary N) is 1. The first kappa shape index (κ1) is 19.1. The summed E-state index contributed by atoms with van der Waals surface area (Å²) in [4.78, 5) is 12.5. The fourth-order valence-electron chi connectivity index (χ4n) is 2.82. The Labute approximate surface area is 155 Å². The van der Waals surface area contributed by atoms with Crippen LogP contribution in [0.2, 0.25) is 0 Å². The Kier molecular flexibility index (Phi) is 5.05. The molecule has 1 atom stereocenters. The van der Waals surface area contributed by atoms with Crippen molar-refractivity contribution < 1.29 is 26.7 Å². The largest absolute Gasteiger partial charge is 0.478 e. The van der Waals surface area contributed by atoms with E-state index in [1.165, 1.54) is 4.31 Å². The number of fused-ring (bicyclic) bond motifs is 1. The van der Waals surface area contributed by atoms with Crippen LogP contribution in [0.5, 0.6) is 5.75 Å². The molecule has 6 nitrogen and oxygen atoms in total. The Morgan fingerprint density at radius 2 is 1.96 bits per heavy atom. The summed E-state index contributed by atoms with van der Waals surface area (Å²) in [5.41, 5.74) is 1.00. The van der Waals surface area contributed by atoms with Crippen LogP contribution < -0.4 is 14.4 Å². The Bertz CT molecular complexity index is 995. The molecule has 1 aliphatic heterocycles. The molecule has 1 amide bonds. The number of carbonyl (C=O) groups excluding carboxylic acids is 1. The maximum Gasteiger partial charge on any atom is 0.265 e. The molecule has 0 saturated heterocycles. The van der Waals surface area contributed by atoms with Crippen LogP contribution in [0.4, 0.5) is 20.2 Å². The number of hydrogen-bond acceptors (Lipinski definition) is 4. The highest BCUT2D eigenvalue weighted by atomic mass is 32.2. The molecule has 0 spiro atoms. The third-order valence-corrected chi connectivity index (χ3v) is 5.31. The highest BCUT2D eigenvalue weighted by molar-refractivity contribution is 7.92. The number of amides is 1. The van der Waals surface area contributed by atoms with Crippen LogP contribution in [0, 0.1) is 18.6 Å². The first-order valence-electron chi connectivity index (χ1n) is 8.16. The van der Waals surface area contributed by atoms with Crippen LogP contribution in [0.1, 0.15) is 12.0 Å². The van der Waals surface area contributed by atoms with Gasteiger partial charge in [0.1, 0.15) is 17.4 Å². The molecule has 2 aromatic rings. The van der Waals surface area contributed by atoms with Crippen molar-refractivity contribution >= 4 is 27.3 Å². The summed E-state index contributed by atoms with van der Waals surface area (Å²) in [6.07, 6.45) is 0.103. The minimum Gasteiger partial charge on any atom is -0.478 e. The lowest BCUT2D eigenvalue weighted by atomic mass is 10.2. The molecule has 1 aliphatic rings. The highest BCUT2D eigenvalue weighted by Crippen LogP contribution is 2.35. The third-order valence-electron chi connectivity index (χ3n) is 4.13. The zero-order valence-electron chi connectivity index (χ0n) is 14.7. The van der Waals surface area contributed by atoms with E-state index >= 15 is 0 Å². The maximum absolute atomic E-state index is 13.8. The fraction of sp³-hybridized carbons (Fsp3) is 0.278. The number of benzene rings is 2. The third kappa shape index (κ3) is 4.19. The topological polar surface area (TPSA) is 75.7 Å². The van der Waals surface area contributed by atoms with E-state index in [0.717, 1.165) is 24.0 Å². The quantitative estimate of drug-likeness (QED) is 0.866. The first-order chi connectivity index (χ1) is 12.6. The lowest BCUT2D eigenvalue weighted by molar-refractivity contribution is -0.122. The molecule has 0 aromatic heterocycles. The second-order valence-corrected chi connectivity index (χ2v) is 8.22. The van der Waals surface area contributed by atoms with Crippen LogP contribution in [0.3, 0.4) is 0 Å². The number of rotatable bonds is 3. The Balaban J connectivity index is 1.88. The minimum atomic E-state index is -3.58. The van der Waals surface area contributed by atoms with Gasteiger partial charge >= 0.3 is 0 Å². The van der Waals surface area contributed by atoms with Gasteiger partial charge in [-0.3, -0.25) is 9.10 Å². The van der Waals surface area contributed by atoms with Crippen molar-refractivity contribution in [1.29, 1.82) is 0 Å². The summed E-state index contributed by atoms with van der Waals surface area (Å²) in [7, 11) is -3.58. The van der Waals surface area contributed by atoms with E-state index in [9.17, 15) is 22.0 Å². The maximum atomic E-state index is 13.8. The van der Waals surface area contributed by atoms with Gasteiger partial charge in [-0.05, 0) is 36.8 Å². The van der Waals surface area contributed by atoms with E-state index in [1.54, 1.807) is 18.2 Å². The standard InChI is InChI=1S/C18H18F2N2O4S/c1-11-3-6-16-15(9-11)22(27(2,24)25)8-7-17(26-16)18(23)21-14-5-4-12(19)10-13(14)20/h3-6,9-10,17H,7-8H2,1-2H3,(H,21,23)/t17-/m0/s1. The number of aryl methyl sites for hydroxylation is 1. The highest BCUT2D eigenvalue weighted by Gasteiger charge is 2.31. The van der Waals surface area contributed by atoms with Crippen molar-refractivity contribution in [3.63, 3.8) is 0 Å². The van der Waals surface area contributed by atoms with E-state index in [2.05, 4.69) is 5.32 Å². The summed E-state index contributed by atoms with van der Waals surface area (Å²) in [5, 5.41) is 2.36. The molecule has 9 heteroatoms. The summed E-state index contributed by atoms with van der Waals surface area (Å²) in [5.74, 6) is -2.08. The summed E-state index contributed by atoms with van der Waals surface area (Å²) in [6, 6.07) is 7.78. The molecule has 0 bridgehead atoms. The zero-order valence-corrected chi connectivity index (χ0v) is 15.5. The smallest absolute Gasteiger partial charge is 0.265 e. The predicted molar refractivity (Wildman–Crippen MR) is 97.4 cm³/mol. The molecular weight excluding hydrogens is 378 g/mol. The minimum absolute atomic E-state index is 0.0271. The summed E-state index contributed by atoms with van der Waals surface area (Å²) in [6.45, 7) is 1.84. The molecule has 0 saturated carbocycles. The van der Waals surface area contributed by atoms with Crippen molar-refractivity contribution in [2.75, 3.05) is 22.4 Å². The molecule has 27 heavy (non-hydrogen) atoms. The Morgan fingerprint density at radius 1 is 1.22 bits per heavy atom. The van der Waals surface area contributed by atoms with Gasteiger partial charge < -0.3 is 10.1 Å². The van der Waals surface area contributed by atoms with Crippen LogP contribution in [-0.4, -0.2) is 33.2 Å². The monoisotopic (exact) mass is 396 g/mol. The van der Waals surface area contributed by atoms with Gasteiger partial charge in [-0.15, -0.1) is 0 Å². The molecule has 3 rings (SSSR count). The first-order valence-corrected chi connectivity index (χ1v) is 10.0. The Morgan fingerprint density at radius 3 is 2.63 bits per heavy atom. The van der Waals surface area contributed by atoms with Crippen LogP contribution in [0.25, 0.3) is 0 Å². The molecule has 0 radical (unpaired) electrons. The zero-order chi connectivity index (χ0) is 19.8. The molecule has 1 N–H and O–H groups in total. The number of nitrogens with zero attached hydrogens (tertiary/aromatic N) is 1. The second kappa shape index (κ2) is 7.15. The number of sulfonamides is 1. The average Bonchev–Trinajstić information content (AvgIpc) is 2.76. The van der Waals surface area contributed by atoms with Crippen molar-refractivity contribution in [2.45, 2.75) is 19.4 Å². The number of hydrogen-bond donors (Lipinski definition) is 1. The van der Waals surface area contributed by atoms with E-state index < -0.39 is 33.7 Å². The van der Waals surface area contributed by atoms with Gasteiger partial charge in [0.25, 0.3) is 5.91 Å². The van der Waals surface area contributed by atoms with Crippen molar-refractivity contribution in [3.8, 4) is 5.75 Å². The molecular formula is C18H18F2N2O4S. The van der Waals surface area contributed by atoms with E-state index in [4.69, 9.17) is 4.74 Å². The van der Waals surface area contributed by atoms with Gasteiger partial charge in [-0.1, -0.05) is 6.07 Å². The molecule has 0 unspecified atom stereocenters. The molecule has 1 heterocycles. The lowest BCUT2D eigenvalue weighted by Gasteiger charge is -2.21. The molecule has 0 fully saturated rings. The van der Waals surface area contributed by atoms with Crippen LogP contribution in [-0.2, 0) is 14.8 Å². The Hall–Kier alpha value is -2.68. The summed E-state index contributed by atoms with van der Waals surface area (Å²) < 4.78 is 58.0. The number of halogens is 2. The van der Waals surface area contributed by atoms with Crippen molar-refractivity contribution in [3.05, 3.63) is 53.6 Å². The second-order valence-electron chi connectivity index (χ2n) is 6.31. The van der Waals surface area contributed by atoms with Gasteiger partial charge in [0, 0.05) is 19.0 Å². The van der Waals surface area contributed by atoms with Gasteiger partial charge in [0.05, 0.1) is 17.6 Å². The normalized spacial score (nSPS) is 16.9. The predicted octanol–water partition coefficient (Wildman–Crippen LogP) is 2.83. The van der Waals surface area contributed by atoms with Crippen LogP contribution >= 0.6 is 0 Å². The number of anilines is 2. The number of ether oxygens (including phenoxy) is 1. The van der Waals surface area contributed by atoms with E-state index in [1.807, 2.05) is 6.92 Å². The van der Waals surface area contributed by atoms with E-state index in [-0.39, 0.29) is 24.4 Å². The average molecular weight is 396 g/mol. The summed E-state index contributed by atoms with van der Waals surface area (Å²) >= 11 is 0. The van der Waals surface area contributed by atoms with Gasteiger partial charge in [-0.2, -0.15) is 0 Å². The SMILES string of the molecule is Cc1ccc2c(c1)N(S(C)(=O)=O)CC[C@@H](C(=O)Nc1ccc(F)cc1F)O2. The molecule has 144 valence electrons. The number of carbonyl (C=O) groups is 1. The van der Waals surface area contributed by atoms with Gasteiger partial charge in [-0.25, -0.2) is 17.2 Å². The fourth-order valence-corrected chi connectivity index (χ4v) is 3.76. The van der Waals surface area contributed by atoms with Gasteiger partial charge in [0.2, 0.25) is 10.0 Å². The van der Waals surface area contributed by atoms with Crippen LogP contribution in [0.15, 0.2) is 36.4 Å². The van der Waals surface area contributed by atoms with Gasteiger partial charge in [0.15, 0.2) is 6.10 Å². The van der Waals surface area contributed by atoms with Crippen molar-refractivity contribution in [2.24, 2.45) is 0 Å². The molecule has 2 aromatic carbocycles. The lowest BCUT2D eigenvalue weighted by Crippen LogP contribution is -2.36. The molecule has 0 aliphatic carbocycles. The van der Waals surface area contributed by atoms with E-state index in [0.29, 0.717) is 11.8 Å².